The number of rotatable bonds is 6. The molecule has 5 N–H and O–H groups in total. The molecular formula is C21H21FN4O4. The van der Waals surface area contributed by atoms with E-state index in [1.165, 1.54) is 23.8 Å². The topological polar surface area (TPSA) is 133 Å². The van der Waals surface area contributed by atoms with Gasteiger partial charge in [0.05, 0.1) is 35.7 Å². The zero-order valence-electron chi connectivity index (χ0n) is 16.3. The fourth-order valence-corrected chi connectivity index (χ4v) is 4.07. The molecule has 0 saturated heterocycles. The zero-order chi connectivity index (χ0) is 21.6. The molecule has 1 unspecified atom stereocenters. The van der Waals surface area contributed by atoms with Crippen LogP contribution in [0.3, 0.4) is 0 Å². The summed E-state index contributed by atoms with van der Waals surface area (Å²) in [7, 11) is 1.43. The maximum atomic E-state index is 14.1. The van der Waals surface area contributed by atoms with Crippen LogP contribution in [0.2, 0.25) is 0 Å². The number of carbonyl (C=O) groups excluding carboxylic acids is 1. The van der Waals surface area contributed by atoms with Gasteiger partial charge in [-0.1, -0.05) is 0 Å². The average Bonchev–Trinajstić information content (AvgIpc) is 3.09. The van der Waals surface area contributed by atoms with Crippen molar-refractivity contribution in [2.24, 2.45) is 5.73 Å². The minimum absolute atomic E-state index is 0.00831. The van der Waals surface area contributed by atoms with Gasteiger partial charge in [-0.15, -0.1) is 0 Å². The number of aldehydes is 1. The van der Waals surface area contributed by atoms with Gasteiger partial charge in [-0.3, -0.25) is 4.79 Å². The monoisotopic (exact) mass is 412 g/mol. The Labute approximate surface area is 170 Å². The molecule has 1 aromatic carbocycles. The van der Waals surface area contributed by atoms with E-state index in [4.69, 9.17) is 16.2 Å². The number of aromatic nitrogens is 2. The Hall–Kier alpha value is -3.14. The molecule has 4 rings (SSSR count). The molecule has 0 fully saturated rings. The van der Waals surface area contributed by atoms with Gasteiger partial charge in [0.15, 0.2) is 6.29 Å². The lowest BCUT2D eigenvalue weighted by molar-refractivity contribution is -0.115. The van der Waals surface area contributed by atoms with E-state index >= 15 is 0 Å². The van der Waals surface area contributed by atoms with Crippen molar-refractivity contribution in [3.05, 3.63) is 56.6 Å². The van der Waals surface area contributed by atoms with Crippen molar-refractivity contribution < 1.29 is 19.0 Å². The van der Waals surface area contributed by atoms with E-state index in [9.17, 15) is 19.1 Å². The molecule has 30 heavy (non-hydrogen) atoms. The molecule has 0 radical (unpaired) electrons. The van der Waals surface area contributed by atoms with Crippen molar-refractivity contribution in [2.75, 3.05) is 19.4 Å². The van der Waals surface area contributed by atoms with E-state index in [1.54, 1.807) is 6.07 Å². The van der Waals surface area contributed by atoms with Crippen LogP contribution in [0.25, 0.3) is 22.3 Å². The summed E-state index contributed by atoms with van der Waals surface area (Å²) in [6.07, 6.45) is -0.629. The third kappa shape index (κ3) is 2.98. The number of benzene rings is 1. The number of anilines is 1. The van der Waals surface area contributed by atoms with Crippen molar-refractivity contribution in [1.29, 1.82) is 0 Å². The van der Waals surface area contributed by atoms with Gasteiger partial charge in [-0.25, -0.2) is 9.37 Å². The molecule has 0 amide bonds. The van der Waals surface area contributed by atoms with Gasteiger partial charge in [-0.2, -0.15) is 0 Å². The zero-order valence-corrected chi connectivity index (χ0v) is 16.3. The first-order chi connectivity index (χ1) is 14.4. The number of carbonyl (C=O) groups is 1. The number of nitrogens with two attached hydrogens (primary N) is 2. The second-order valence-electron chi connectivity index (χ2n) is 7.22. The minimum atomic E-state index is -1.47. The Morgan fingerprint density at radius 1 is 1.37 bits per heavy atom. The second kappa shape index (κ2) is 7.60. The van der Waals surface area contributed by atoms with Crippen molar-refractivity contribution >= 4 is 22.9 Å². The molecule has 3 aromatic rings. The predicted molar refractivity (Wildman–Crippen MR) is 109 cm³/mol. The van der Waals surface area contributed by atoms with Gasteiger partial charge >= 0.3 is 0 Å². The number of hydrogen-bond donors (Lipinski definition) is 3. The molecule has 156 valence electrons. The predicted octanol–water partition coefficient (Wildman–Crippen LogP) is 1.03. The van der Waals surface area contributed by atoms with E-state index in [0.29, 0.717) is 41.5 Å². The highest BCUT2D eigenvalue weighted by Gasteiger charge is 2.29. The summed E-state index contributed by atoms with van der Waals surface area (Å²) < 4.78 is 20.7. The third-order valence-corrected chi connectivity index (χ3v) is 5.45. The van der Waals surface area contributed by atoms with Crippen LogP contribution in [-0.4, -0.2) is 34.6 Å². The van der Waals surface area contributed by atoms with Crippen LogP contribution < -0.4 is 17.0 Å². The molecule has 0 saturated carbocycles. The molecule has 1 atom stereocenters. The largest absolute Gasteiger partial charge is 0.396 e. The Morgan fingerprint density at radius 2 is 2.13 bits per heavy atom. The van der Waals surface area contributed by atoms with Crippen LogP contribution in [0.4, 0.5) is 10.1 Å². The summed E-state index contributed by atoms with van der Waals surface area (Å²) in [5.41, 5.74) is 14.5. The van der Waals surface area contributed by atoms with Crippen LogP contribution in [0.1, 0.15) is 28.4 Å². The fraction of sp³-hybridized carbons (Fsp3) is 0.286. The molecule has 9 heteroatoms. The number of pyridine rings is 2. The molecule has 2 aromatic heterocycles. The first-order valence-corrected chi connectivity index (χ1v) is 9.41. The number of hydrogen-bond acceptors (Lipinski definition) is 7. The summed E-state index contributed by atoms with van der Waals surface area (Å²) in [6.45, 7) is 0.536. The molecule has 0 spiro atoms. The lowest BCUT2D eigenvalue weighted by atomic mass is 9.97. The van der Waals surface area contributed by atoms with Crippen molar-refractivity contribution in [3.8, 4) is 11.4 Å². The lowest BCUT2D eigenvalue weighted by Gasteiger charge is -2.14. The highest BCUT2D eigenvalue weighted by atomic mass is 19.1. The minimum Gasteiger partial charge on any atom is -0.396 e. The summed E-state index contributed by atoms with van der Waals surface area (Å²) >= 11 is 0. The highest BCUT2D eigenvalue weighted by molar-refractivity contribution is 5.90. The van der Waals surface area contributed by atoms with Gasteiger partial charge < -0.3 is 30.7 Å². The number of aliphatic hydroxyl groups excluding tert-OH is 1. The number of ether oxygens (including phenoxy) is 1. The molecule has 8 nitrogen and oxygen atoms in total. The molecular weight excluding hydrogens is 391 g/mol. The first kappa shape index (κ1) is 20.1. The lowest BCUT2D eigenvalue weighted by Crippen LogP contribution is -2.26. The van der Waals surface area contributed by atoms with Gasteiger partial charge in [-0.05, 0) is 30.7 Å². The van der Waals surface area contributed by atoms with E-state index in [1.807, 2.05) is 0 Å². The third-order valence-electron chi connectivity index (χ3n) is 5.45. The summed E-state index contributed by atoms with van der Waals surface area (Å²) in [4.78, 5) is 29.0. The maximum absolute atomic E-state index is 14.1. The van der Waals surface area contributed by atoms with Gasteiger partial charge in [0, 0.05) is 35.3 Å². The van der Waals surface area contributed by atoms with Crippen LogP contribution in [-0.2, 0) is 29.1 Å². The molecule has 0 aliphatic carbocycles. The van der Waals surface area contributed by atoms with E-state index in [0.717, 1.165) is 11.1 Å². The second-order valence-corrected chi connectivity index (χ2v) is 7.22. The van der Waals surface area contributed by atoms with Gasteiger partial charge in [0.2, 0.25) is 0 Å². The van der Waals surface area contributed by atoms with Crippen molar-refractivity contribution in [2.45, 2.75) is 25.7 Å². The normalized spacial score (nSPS) is 13.3. The number of halogens is 1. The number of nitrogen functional groups attached to an aromatic ring is 1. The van der Waals surface area contributed by atoms with Crippen LogP contribution >= 0.6 is 0 Å². The van der Waals surface area contributed by atoms with E-state index < -0.39 is 11.9 Å². The Bertz CT molecular complexity index is 1240. The molecule has 1 aliphatic rings. The van der Waals surface area contributed by atoms with Gasteiger partial charge in [0.1, 0.15) is 11.9 Å². The molecule has 1 aliphatic heterocycles. The fourth-order valence-electron chi connectivity index (χ4n) is 4.07. The van der Waals surface area contributed by atoms with Crippen LogP contribution in [0.15, 0.2) is 23.0 Å². The molecule has 0 bridgehead atoms. The van der Waals surface area contributed by atoms with E-state index in [2.05, 4.69) is 4.98 Å². The van der Waals surface area contributed by atoms with Crippen LogP contribution in [0.5, 0.6) is 0 Å². The van der Waals surface area contributed by atoms with Crippen molar-refractivity contribution in [3.63, 3.8) is 0 Å². The highest BCUT2D eigenvalue weighted by Crippen LogP contribution is 2.37. The van der Waals surface area contributed by atoms with Crippen LogP contribution in [0, 0.1) is 5.82 Å². The summed E-state index contributed by atoms with van der Waals surface area (Å²) in [5, 5.41) is 10.8. The Kier molecular flexibility index (Phi) is 5.10. The molecule has 3 heterocycles. The maximum Gasteiger partial charge on any atom is 0.257 e. The standard InChI is InChI=1S/C21H21FN4O4/c1-30-9-14-12(19(28)8-27)5-18-20-13(7-26(18)21(14)29)10(2-3-23)11-4-16(24)15(22)6-17(11)25-20/h4-6,8,19,28H,2-3,7,9,23-24H2,1H3. The van der Waals surface area contributed by atoms with E-state index in [-0.39, 0.29) is 35.5 Å². The number of fused-ring (bicyclic) bond motifs is 4. The Morgan fingerprint density at radius 3 is 2.80 bits per heavy atom. The average molecular weight is 412 g/mol. The summed E-state index contributed by atoms with van der Waals surface area (Å²) in [5.74, 6) is -0.587. The quantitative estimate of drug-likeness (QED) is 0.318. The smallest absolute Gasteiger partial charge is 0.257 e. The Balaban J connectivity index is 2.05. The summed E-state index contributed by atoms with van der Waals surface area (Å²) in [6, 6.07) is 4.36. The number of methoxy groups -OCH3 is 1. The number of nitrogens with zero attached hydrogens (tertiary/aromatic N) is 2. The SMILES string of the molecule is COCc1c(C(O)C=O)cc2n(c1=O)Cc1c-2nc2cc(F)c(N)cc2c1CCN. The number of aliphatic hydroxyl groups is 1. The van der Waals surface area contributed by atoms with Crippen molar-refractivity contribution in [1.82, 2.24) is 9.55 Å². The van der Waals surface area contributed by atoms with Gasteiger partial charge in [0.25, 0.3) is 5.56 Å². The first-order valence-electron chi connectivity index (χ1n) is 9.41.